The average molecular weight is 182 g/mol. The van der Waals surface area contributed by atoms with Crippen molar-refractivity contribution in [1.82, 2.24) is 4.90 Å². The molecule has 0 fully saturated rings. The van der Waals surface area contributed by atoms with Crippen LogP contribution in [0.3, 0.4) is 0 Å². The Hall–Kier alpha value is -0.520. The summed E-state index contributed by atoms with van der Waals surface area (Å²) < 4.78 is 0. The lowest BCUT2D eigenvalue weighted by Gasteiger charge is -2.21. The lowest BCUT2D eigenvalue weighted by molar-refractivity contribution is 0.267. The van der Waals surface area contributed by atoms with E-state index in [0.29, 0.717) is 5.92 Å². The minimum absolute atomic E-state index is 0.705. The van der Waals surface area contributed by atoms with Crippen molar-refractivity contribution in [3.63, 3.8) is 0 Å². The topological polar surface area (TPSA) is 29.3 Å². The van der Waals surface area contributed by atoms with E-state index in [1.54, 1.807) is 0 Å². The lowest BCUT2D eigenvalue weighted by atomic mass is 10.1. The highest BCUT2D eigenvalue weighted by Crippen LogP contribution is 2.06. The van der Waals surface area contributed by atoms with Crippen LogP contribution in [0.5, 0.6) is 0 Å². The smallest absolute Gasteiger partial charge is 0.0598 e. The quantitative estimate of drug-likeness (QED) is 0.602. The highest BCUT2D eigenvalue weighted by atomic mass is 15.1. The summed E-state index contributed by atoms with van der Waals surface area (Å²) in [6.45, 7) is 8.11. The Kier molecular flexibility index (Phi) is 7.77. The molecule has 0 spiro atoms. The fourth-order valence-corrected chi connectivity index (χ4v) is 1.43. The summed E-state index contributed by atoms with van der Waals surface area (Å²) in [7, 11) is 0. The van der Waals surface area contributed by atoms with Crippen LogP contribution in [0.15, 0.2) is 0 Å². The number of rotatable bonds is 7. The van der Waals surface area contributed by atoms with Crippen molar-refractivity contribution in [3.05, 3.63) is 0 Å². The zero-order valence-corrected chi connectivity index (χ0v) is 8.92. The normalized spacial score (nSPS) is 12.8. The Labute approximate surface area is 82.5 Å². The fraction of sp³-hybridized carbons (Fsp3) is 0.818. The van der Waals surface area contributed by atoms with Gasteiger partial charge in [-0.15, -0.1) is 6.42 Å². The molecule has 0 aromatic rings. The molecule has 0 heterocycles. The van der Waals surface area contributed by atoms with Crippen LogP contribution in [0.2, 0.25) is 0 Å². The van der Waals surface area contributed by atoms with Crippen LogP contribution in [-0.2, 0) is 0 Å². The maximum atomic E-state index is 5.45. The van der Waals surface area contributed by atoms with E-state index in [9.17, 15) is 0 Å². The van der Waals surface area contributed by atoms with Gasteiger partial charge in [-0.1, -0.05) is 19.8 Å². The Morgan fingerprint density at radius 2 is 2.23 bits per heavy atom. The molecule has 0 aliphatic heterocycles. The second kappa shape index (κ2) is 8.10. The van der Waals surface area contributed by atoms with Crippen LogP contribution in [0, 0.1) is 18.3 Å². The Morgan fingerprint density at radius 1 is 1.54 bits per heavy atom. The minimum Gasteiger partial charge on any atom is -0.330 e. The van der Waals surface area contributed by atoms with Gasteiger partial charge in [-0.2, -0.15) is 0 Å². The summed E-state index contributed by atoms with van der Waals surface area (Å²) in [5.41, 5.74) is 5.45. The predicted octanol–water partition coefficient (Wildman–Crippen LogP) is 1.32. The first kappa shape index (κ1) is 12.5. The van der Waals surface area contributed by atoms with Gasteiger partial charge in [0, 0.05) is 6.54 Å². The molecule has 2 N–H and O–H groups in total. The van der Waals surface area contributed by atoms with Crippen LogP contribution in [0.25, 0.3) is 0 Å². The third-order valence-electron chi connectivity index (χ3n) is 2.23. The highest BCUT2D eigenvalue weighted by molar-refractivity contribution is 4.88. The van der Waals surface area contributed by atoms with Crippen LogP contribution < -0.4 is 5.73 Å². The average Bonchev–Trinajstić information content (AvgIpc) is 2.14. The maximum Gasteiger partial charge on any atom is 0.0598 e. The summed E-state index contributed by atoms with van der Waals surface area (Å²) in [6, 6.07) is 0. The molecule has 0 aliphatic carbocycles. The SMILES string of the molecule is C#CCN(CC)CC(C)CCCN. The van der Waals surface area contributed by atoms with Gasteiger partial charge in [0.15, 0.2) is 0 Å². The second-order valence-electron chi connectivity index (χ2n) is 3.57. The molecule has 13 heavy (non-hydrogen) atoms. The first-order valence-corrected chi connectivity index (χ1v) is 5.10. The monoisotopic (exact) mass is 182 g/mol. The van der Waals surface area contributed by atoms with Crippen LogP contribution in [0.1, 0.15) is 26.7 Å². The van der Waals surface area contributed by atoms with Gasteiger partial charge in [0.2, 0.25) is 0 Å². The molecule has 0 rings (SSSR count). The molecule has 0 aromatic carbocycles. The van der Waals surface area contributed by atoms with Crippen LogP contribution in [0.4, 0.5) is 0 Å². The van der Waals surface area contributed by atoms with Gasteiger partial charge < -0.3 is 5.73 Å². The summed E-state index contributed by atoms with van der Waals surface area (Å²) in [5, 5.41) is 0. The number of nitrogens with zero attached hydrogens (tertiary/aromatic N) is 1. The van der Waals surface area contributed by atoms with Crippen molar-refractivity contribution in [2.75, 3.05) is 26.2 Å². The standard InChI is InChI=1S/C11H22N2/c1-4-9-13(5-2)10-11(3)7-6-8-12/h1,11H,5-10,12H2,2-3H3. The Morgan fingerprint density at radius 3 is 2.69 bits per heavy atom. The molecule has 0 saturated heterocycles. The predicted molar refractivity (Wildman–Crippen MR) is 58.4 cm³/mol. The number of nitrogens with two attached hydrogens (primary N) is 1. The van der Waals surface area contributed by atoms with Crippen molar-refractivity contribution in [2.24, 2.45) is 11.7 Å². The molecular formula is C11H22N2. The maximum absolute atomic E-state index is 5.45. The molecule has 0 amide bonds. The molecule has 2 nitrogen and oxygen atoms in total. The van der Waals surface area contributed by atoms with E-state index >= 15 is 0 Å². The molecule has 0 aliphatic rings. The molecule has 0 saturated carbocycles. The summed E-state index contributed by atoms with van der Waals surface area (Å²) >= 11 is 0. The second-order valence-corrected chi connectivity index (χ2v) is 3.57. The fourth-order valence-electron chi connectivity index (χ4n) is 1.43. The minimum atomic E-state index is 0.705. The van der Waals surface area contributed by atoms with Gasteiger partial charge >= 0.3 is 0 Å². The van der Waals surface area contributed by atoms with Crippen molar-refractivity contribution in [2.45, 2.75) is 26.7 Å². The van der Waals surface area contributed by atoms with Gasteiger partial charge in [0.1, 0.15) is 0 Å². The first-order chi connectivity index (χ1) is 6.24. The zero-order chi connectivity index (χ0) is 10.1. The molecule has 1 atom stereocenters. The van der Waals surface area contributed by atoms with Gasteiger partial charge in [-0.3, -0.25) is 4.90 Å². The van der Waals surface area contributed by atoms with E-state index in [-0.39, 0.29) is 0 Å². The molecule has 1 unspecified atom stereocenters. The molecule has 2 heteroatoms. The van der Waals surface area contributed by atoms with Crippen molar-refractivity contribution < 1.29 is 0 Å². The zero-order valence-electron chi connectivity index (χ0n) is 8.92. The van der Waals surface area contributed by atoms with Crippen molar-refractivity contribution in [3.8, 4) is 12.3 Å². The highest BCUT2D eigenvalue weighted by Gasteiger charge is 2.06. The van der Waals surface area contributed by atoms with E-state index in [4.69, 9.17) is 12.2 Å². The van der Waals surface area contributed by atoms with E-state index in [0.717, 1.165) is 32.6 Å². The summed E-state index contributed by atoms with van der Waals surface area (Å²) in [6.07, 6.45) is 7.59. The van der Waals surface area contributed by atoms with Gasteiger partial charge in [-0.25, -0.2) is 0 Å². The molecule has 0 aromatic heterocycles. The van der Waals surface area contributed by atoms with Gasteiger partial charge in [-0.05, 0) is 31.8 Å². The van der Waals surface area contributed by atoms with Crippen LogP contribution >= 0.6 is 0 Å². The molecule has 0 bridgehead atoms. The summed E-state index contributed by atoms with van der Waals surface area (Å²) in [4.78, 5) is 2.29. The largest absolute Gasteiger partial charge is 0.330 e. The number of terminal acetylenes is 1. The Balaban J connectivity index is 3.60. The first-order valence-electron chi connectivity index (χ1n) is 5.10. The van der Waals surface area contributed by atoms with E-state index < -0.39 is 0 Å². The van der Waals surface area contributed by atoms with Crippen molar-refractivity contribution in [1.29, 1.82) is 0 Å². The van der Waals surface area contributed by atoms with Crippen molar-refractivity contribution >= 4 is 0 Å². The lowest BCUT2D eigenvalue weighted by Crippen LogP contribution is -2.29. The Bertz CT molecular complexity index is 149. The van der Waals surface area contributed by atoms with E-state index in [2.05, 4.69) is 24.7 Å². The molecular weight excluding hydrogens is 160 g/mol. The van der Waals surface area contributed by atoms with E-state index in [1.165, 1.54) is 6.42 Å². The third-order valence-corrected chi connectivity index (χ3v) is 2.23. The molecule has 0 radical (unpaired) electrons. The van der Waals surface area contributed by atoms with Crippen LogP contribution in [-0.4, -0.2) is 31.1 Å². The van der Waals surface area contributed by atoms with Gasteiger partial charge in [0.05, 0.1) is 6.54 Å². The molecule has 76 valence electrons. The number of hydrogen-bond donors (Lipinski definition) is 1. The van der Waals surface area contributed by atoms with Gasteiger partial charge in [0.25, 0.3) is 0 Å². The summed E-state index contributed by atoms with van der Waals surface area (Å²) in [5.74, 6) is 3.39. The number of hydrogen-bond acceptors (Lipinski definition) is 2. The van der Waals surface area contributed by atoms with E-state index in [1.807, 2.05) is 0 Å². The third kappa shape index (κ3) is 6.62.